The lowest BCUT2D eigenvalue weighted by molar-refractivity contribution is -0.122. The molecule has 2 aromatic rings. The molecule has 0 spiro atoms. The first-order valence-electron chi connectivity index (χ1n) is 8.85. The van der Waals surface area contributed by atoms with Gasteiger partial charge >= 0.3 is 0 Å². The van der Waals surface area contributed by atoms with Gasteiger partial charge in [0, 0.05) is 17.5 Å². The Morgan fingerprint density at radius 2 is 1.86 bits per heavy atom. The van der Waals surface area contributed by atoms with Crippen LogP contribution in [0.25, 0.3) is 5.70 Å². The molecule has 1 amide bonds. The summed E-state index contributed by atoms with van der Waals surface area (Å²) in [6, 6.07) is 16.1. The number of amides is 1. The van der Waals surface area contributed by atoms with Crippen LogP contribution in [-0.4, -0.2) is 27.4 Å². The molecule has 142 valence electrons. The van der Waals surface area contributed by atoms with Gasteiger partial charge in [-0.1, -0.05) is 54.2 Å². The van der Waals surface area contributed by atoms with E-state index in [4.69, 9.17) is 5.41 Å². The molecule has 0 radical (unpaired) electrons. The zero-order valence-electron chi connectivity index (χ0n) is 15.2. The lowest BCUT2D eigenvalue weighted by Gasteiger charge is -2.22. The van der Waals surface area contributed by atoms with Crippen molar-refractivity contribution < 1.29 is 9.18 Å². The van der Waals surface area contributed by atoms with Crippen LogP contribution >= 0.6 is 23.5 Å². The van der Waals surface area contributed by atoms with Crippen LogP contribution in [0.1, 0.15) is 18.1 Å². The molecule has 0 unspecified atom stereocenters. The molecular formula is C21H18FN3OS2. The van der Waals surface area contributed by atoms with Gasteiger partial charge in [0.05, 0.1) is 17.3 Å². The van der Waals surface area contributed by atoms with Crippen LogP contribution in [0.2, 0.25) is 0 Å². The van der Waals surface area contributed by atoms with Gasteiger partial charge in [0.1, 0.15) is 10.7 Å². The number of carbonyl (C=O) groups excluding carboxylic acids is 1. The highest BCUT2D eigenvalue weighted by Gasteiger charge is 2.38. The molecule has 4 nitrogen and oxygen atoms in total. The van der Waals surface area contributed by atoms with Crippen LogP contribution in [-0.2, 0) is 11.3 Å². The fourth-order valence-corrected chi connectivity index (χ4v) is 5.32. The number of nitrogens with zero attached hydrogens (tertiary/aromatic N) is 2. The van der Waals surface area contributed by atoms with Crippen molar-refractivity contribution in [2.45, 2.75) is 13.5 Å². The highest BCUT2D eigenvalue weighted by Crippen LogP contribution is 2.46. The van der Waals surface area contributed by atoms with Crippen molar-refractivity contribution in [2.75, 3.05) is 6.54 Å². The number of halogens is 1. The number of carbonyl (C=O) groups is 1. The number of nitrogens with one attached hydrogen (secondary N) is 1. The topological polar surface area (TPSA) is 47.4 Å². The van der Waals surface area contributed by atoms with E-state index in [0.29, 0.717) is 18.0 Å². The molecule has 2 aromatic carbocycles. The summed E-state index contributed by atoms with van der Waals surface area (Å²) in [5.74, 6) is -0.448. The highest BCUT2D eigenvalue weighted by molar-refractivity contribution is 8.19. The van der Waals surface area contributed by atoms with Gasteiger partial charge < -0.3 is 4.90 Å². The Hall–Kier alpha value is -2.51. The predicted molar refractivity (Wildman–Crippen MR) is 114 cm³/mol. The molecule has 28 heavy (non-hydrogen) atoms. The molecule has 0 aliphatic carbocycles. The quantitative estimate of drug-likeness (QED) is 0.714. The molecule has 1 fully saturated rings. The minimum Gasteiger partial charge on any atom is -0.334 e. The van der Waals surface area contributed by atoms with Gasteiger partial charge in [-0.05, 0) is 36.4 Å². The van der Waals surface area contributed by atoms with Crippen molar-refractivity contribution in [1.29, 1.82) is 5.41 Å². The second-order valence-electron chi connectivity index (χ2n) is 6.29. The van der Waals surface area contributed by atoms with Gasteiger partial charge in [0.2, 0.25) is 0 Å². The Kier molecular flexibility index (Phi) is 5.28. The third kappa shape index (κ3) is 3.47. The number of rotatable bonds is 4. The third-order valence-corrected chi connectivity index (χ3v) is 6.62. The summed E-state index contributed by atoms with van der Waals surface area (Å²) >= 11 is 2.64. The van der Waals surface area contributed by atoms with Crippen molar-refractivity contribution >= 4 is 40.3 Å². The molecule has 1 saturated heterocycles. The first-order chi connectivity index (χ1) is 13.6. The second-order valence-corrected chi connectivity index (χ2v) is 8.15. The summed E-state index contributed by atoms with van der Waals surface area (Å²) in [5, 5.41) is 11.3. The van der Waals surface area contributed by atoms with Crippen molar-refractivity contribution in [3.63, 3.8) is 0 Å². The van der Waals surface area contributed by atoms with E-state index in [1.165, 1.54) is 40.6 Å². The van der Waals surface area contributed by atoms with Crippen molar-refractivity contribution in [1.82, 2.24) is 9.80 Å². The number of hydrogen-bond donors (Lipinski definition) is 1. The Bertz CT molecular complexity index is 1000. The first-order valence-corrected chi connectivity index (χ1v) is 10.5. The van der Waals surface area contributed by atoms with Gasteiger partial charge in [0.25, 0.3) is 5.91 Å². The molecule has 0 aromatic heterocycles. The summed E-state index contributed by atoms with van der Waals surface area (Å²) in [4.78, 5) is 17.1. The summed E-state index contributed by atoms with van der Waals surface area (Å²) in [5.41, 5.74) is 2.63. The maximum absolute atomic E-state index is 13.7. The van der Waals surface area contributed by atoms with Gasteiger partial charge in [-0.15, -0.1) is 0 Å². The molecule has 2 aliphatic heterocycles. The average Bonchev–Trinajstić information content (AvgIpc) is 3.24. The summed E-state index contributed by atoms with van der Waals surface area (Å²) in [6.45, 7) is 3.02. The monoisotopic (exact) mass is 411 g/mol. The summed E-state index contributed by atoms with van der Waals surface area (Å²) < 4.78 is 13.7. The normalized spacial score (nSPS) is 19.6. The third-order valence-electron chi connectivity index (χ3n) is 4.52. The average molecular weight is 412 g/mol. The maximum atomic E-state index is 13.7. The Labute approximate surface area is 171 Å². The zero-order chi connectivity index (χ0) is 19.7. The highest BCUT2D eigenvalue weighted by atomic mass is 32.2. The number of hydrogen-bond acceptors (Lipinski definition) is 5. The fraction of sp³-hybridized carbons (Fsp3) is 0.143. The standard InChI is InChI=1S/C21H18FN3OS2/c1-2-24-17(15-9-6-10-16(22)11-15)13-27-20(24)18-19(26)25(21(23)28-18)12-14-7-4-3-5-8-14/h3-11,13,23H,2,12H2,1H3/b20-18-,23-21?. The minimum atomic E-state index is -0.289. The van der Waals surface area contributed by atoms with E-state index >= 15 is 0 Å². The van der Waals surface area contributed by atoms with Gasteiger partial charge in [-0.25, -0.2) is 4.39 Å². The van der Waals surface area contributed by atoms with E-state index in [-0.39, 0.29) is 16.9 Å². The molecule has 0 bridgehead atoms. The van der Waals surface area contributed by atoms with Crippen LogP contribution < -0.4 is 0 Å². The molecule has 2 heterocycles. The Balaban J connectivity index is 1.62. The predicted octanol–water partition coefficient (Wildman–Crippen LogP) is 5.07. The van der Waals surface area contributed by atoms with Crippen molar-refractivity contribution in [3.05, 3.63) is 86.9 Å². The largest absolute Gasteiger partial charge is 0.334 e. The van der Waals surface area contributed by atoms with E-state index in [0.717, 1.165) is 21.9 Å². The van der Waals surface area contributed by atoms with Crippen molar-refractivity contribution in [3.8, 4) is 0 Å². The summed E-state index contributed by atoms with van der Waals surface area (Å²) in [6.07, 6.45) is 0. The molecule has 1 N–H and O–H groups in total. The van der Waals surface area contributed by atoms with E-state index in [9.17, 15) is 9.18 Å². The molecule has 0 saturated carbocycles. The second kappa shape index (κ2) is 7.85. The lowest BCUT2D eigenvalue weighted by Crippen LogP contribution is -2.28. The number of thioether (sulfide) groups is 2. The van der Waals surface area contributed by atoms with Gasteiger partial charge in [-0.3, -0.25) is 15.1 Å². The maximum Gasteiger partial charge on any atom is 0.269 e. The molecule has 4 rings (SSSR count). The van der Waals surface area contributed by atoms with Crippen LogP contribution in [0.5, 0.6) is 0 Å². The fourth-order valence-electron chi connectivity index (χ4n) is 3.16. The van der Waals surface area contributed by atoms with Gasteiger partial charge in [0.15, 0.2) is 5.17 Å². The smallest absolute Gasteiger partial charge is 0.269 e. The van der Waals surface area contributed by atoms with Crippen molar-refractivity contribution in [2.24, 2.45) is 0 Å². The van der Waals surface area contributed by atoms with E-state index in [1.54, 1.807) is 6.07 Å². The Morgan fingerprint density at radius 1 is 1.07 bits per heavy atom. The Morgan fingerprint density at radius 3 is 2.57 bits per heavy atom. The number of benzene rings is 2. The van der Waals surface area contributed by atoms with E-state index in [1.807, 2.05) is 53.6 Å². The molecule has 7 heteroatoms. The van der Waals surface area contributed by atoms with Crippen LogP contribution in [0.4, 0.5) is 4.39 Å². The van der Waals surface area contributed by atoms with Crippen LogP contribution in [0, 0.1) is 11.2 Å². The number of amidine groups is 1. The van der Waals surface area contributed by atoms with E-state index < -0.39 is 0 Å². The molecule has 0 atom stereocenters. The van der Waals surface area contributed by atoms with Crippen LogP contribution in [0.3, 0.4) is 0 Å². The first kappa shape index (κ1) is 18.8. The minimum absolute atomic E-state index is 0.159. The SMILES string of the molecule is CCN1C(c2cccc(F)c2)=CS/C1=C1\SC(=N)N(Cc2ccccc2)C1=O. The summed E-state index contributed by atoms with van der Waals surface area (Å²) in [7, 11) is 0. The van der Waals surface area contributed by atoms with Crippen LogP contribution in [0.15, 0.2) is 69.9 Å². The molecule has 2 aliphatic rings. The lowest BCUT2D eigenvalue weighted by atomic mass is 10.1. The van der Waals surface area contributed by atoms with E-state index in [2.05, 4.69) is 0 Å². The zero-order valence-corrected chi connectivity index (χ0v) is 16.8. The molecular weight excluding hydrogens is 393 g/mol. The van der Waals surface area contributed by atoms with Gasteiger partial charge in [-0.2, -0.15) is 0 Å².